The first-order valence-corrected chi connectivity index (χ1v) is 13.6. The Morgan fingerprint density at radius 1 is 0.610 bits per heavy atom. The molecule has 238 valence electrons. The van der Waals surface area contributed by atoms with Gasteiger partial charge in [0.25, 0.3) is 0 Å². The summed E-state index contributed by atoms with van der Waals surface area (Å²) < 4.78 is 36.5. The van der Waals surface area contributed by atoms with E-state index in [1.54, 1.807) is 0 Å². The van der Waals surface area contributed by atoms with E-state index < -0.39 is 30.7 Å². The molecule has 5 atom stereocenters. The highest BCUT2D eigenvalue weighted by Gasteiger charge is 2.48. The van der Waals surface area contributed by atoms with Crippen molar-refractivity contribution < 1.29 is 28.4 Å². The summed E-state index contributed by atoms with van der Waals surface area (Å²) in [6, 6.07) is 0. The van der Waals surface area contributed by atoms with Crippen LogP contribution in [0.4, 0.5) is 0 Å². The fourth-order valence-corrected chi connectivity index (χ4v) is 3.91. The second-order valence-corrected chi connectivity index (χ2v) is 9.14. The molecule has 0 bridgehead atoms. The minimum atomic E-state index is -0.775. The first kappa shape index (κ1) is 35.9. The van der Waals surface area contributed by atoms with Crippen LogP contribution < -0.4 is 44.2 Å². The summed E-state index contributed by atoms with van der Waals surface area (Å²) in [5.41, 5.74) is 21.4. The molecule has 18 heteroatoms. The van der Waals surface area contributed by atoms with Gasteiger partial charge in [0.2, 0.25) is 0 Å². The van der Waals surface area contributed by atoms with E-state index in [9.17, 15) is 0 Å². The highest BCUT2D eigenvalue weighted by molar-refractivity contribution is 5.75. The van der Waals surface area contributed by atoms with Crippen molar-refractivity contribution in [3.8, 4) is 0 Å². The van der Waals surface area contributed by atoms with Crippen LogP contribution in [0.25, 0.3) is 0 Å². The smallest absolute Gasteiger partial charge is 0.186 e. The van der Waals surface area contributed by atoms with Crippen LogP contribution >= 0.6 is 0 Å². The monoisotopic (exact) mass is 590 g/mol. The molecular formula is C23H50N12O6. The number of guanidine groups is 4. The van der Waals surface area contributed by atoms with E-state index in [0.717, 1.165) is 0 Å². The number of rotatable bonds is 22. The maximum absolute atomic E-state index is 7.33. The van der Waals surface area contributed by atoms with Gasteiger partial charge in [-0.1, -0.05) is 0 Å². The van der Waals surface area contributed by atoms with Gasteiger partial charge in [0.05, 0.1) is 6.61 Å². The Morgan fingerprint density at radius 3 is 1.41 bits per heavy atom. The topological polar surface area (TPSA) is 303 Å². The van der Waals surface area contributed by atoms with E-state index in [2.05, 4.69) is 21.3 Å². The maximum atomic E-state index is 7.33. The van der Waals surface area contributed by atoms with Crippen molar-refractivity contribution in [3.63, 3.8) is 0 Å². The zero-order valence-electron chi connectivity index (χ0n) is 23.8. The summed E-state index contributed by atoms with van der Waals surface area (Å²) in [6.07, 6.45) is -0.805. The van der Waals surface area contributed by atoms with Crippen molar-refractivity contribution in [2.75, 3.05) is 66.3 Å². The molecule has 0 aliphatic carbocycles. The van der Waals surface area contributed by atoms with Gasteiger partial charge in [-0.15, -0.1) is 0 Å². The predicted molar refractivity (Wildman–Crippen MR) is 154 cm³/mol. The Morgan fingerprint density at radius 2 is 1.00 bits per heavy atom. The lowest BCUT2D eigenvalue weighted by molar-refractivity contribution is -0.318. The summed E-state index contributed by atoms with van der Waals surface area (Å²) in [7, 11) is 1.52. The average Bonchev–Trinajstić information content (AvgIpc) is 2.90. The van der Waals surface area contributed by atoms with Gasteiger partial charge in [-0.3, -0.25) is 21.6 Å². The SMILES string of the molecule is CO[C@H]1O[C@H](COCCCNC(=N)N)[C@@H](OCCCNC(=N)N)[C@H](OCCCNC(=N)N)[C@H]1OCCCNC(=N)N. The van der Waals surface area contributed by atoms with Crippen LogP contribution in [0.15, 0.2) is 0 Å². The molecular weight excluding hydrogens is 540 g/mol. The van der Waals surface area contributed by atoms with E-state index in [-0.39, 0.29) is 30.4 Å². The summed E-state index contributed by atoms with van der Waals surface area (Å²) in [4.78, 5) is 0. The Bertz CT molecular complexity index is 779. The molecule has 16 N–H and O–H groups in total. The fourth-order valence-electron chi connectivity index (χ4n) is 3.91. The van der Waals surface area contributed by atoms with Crippen LogP contribution in [0.2, 0.25) is 0 Å². The molecule has 0 saturated carbocycles. The van der Waals surface area contributed by atoms with E-state index in [4.69, 9.17) is 73.0 Å². The van der Waals surface area contributed by atoms with Gasteiger partial charge in [0.1, 0.15) is 24.4 Å². The molecule has 0 radical (unpaired) electrons. The van der Waals surface area contributed by atoms with Crippen molar-refractivity contribution >= 4 is 23.8 Å². The van der Waals surface area contributed by atoms with Crippen LogP contribution in [-0.2, 0) is 28.4 Å². The first-order valence-electron chi connectivity index (χ1n) is 13.6. The van der Waals surface area contributed by atoms with E-state index in [0.29, 0.717) is 78.3 Å². The van der Waals surface area contributed by atoms with Crippen LogP contribution in [-0.4, -0.2) is 121 Å². The minimum absolute atomic E-state index is 0.0992. The Labute approximate surface area is 241 Å². The van der Waals surface area contributed by atoms with Gasteiger partial charge in [-0.2, -0.15) is 0 Å². The summed E-state index contributed by atoms with van der Waals surface area (Å²) in [5, 5.41) is 40.2. The Hall–Kier alpha value is -3.16. The molecule has 0 unspecified atom stereocenters. The molecule has 1 heterocycles. The minimum Gasteiger partial charge on any atom is -0.379 e. The molecule has 41 heavy (non-hydrogen) atoms. The quantitative estimate of drug-likeness (QED) is 0.0340. The molecule has 0 spiro atoms. The zero-order chi connectivity index (χ0) is 30.5. The van der Waals surface area contributed by atoms with Gasteiger partial charge in [0.15, 0.2) is 30.1 Å². The van der Waals surface area contributed by atoms with Gasteiger partial charge in [-0.05, 0) is 25.7 Å². The van der Waals surface area contributed by atoms with Crippen LogP contribution in [0.1, 0.15) is 25.7 Å². The highest BCUT2D eigenvalue weighted by atomic mass is 16.7. The average molecular weight is 591 g/mol. The van der Waals surface area contributed by atoms with E-state index >= 15 is 0 Å². The first-order chi connectivity index (χ1) is 19.6. The standard InChI is InChI=1S/C23H50N12O6/c1-36-19-18(40-13-5-9-35-23(30)31)17(39-12-4-8-34-22(28)29)16(38-11-3-7-33-21(26)27)15(41-19)14-37-10-2-6-32-20(24)25/h15-19H,2-14H2,1H3,(H4,24,25,32)(H4,26,27,33)(H4,28,29,34)(H4,30,31,35)/t15-,16-,17+,18-,19+/m1/s1. The lowest BCUT2D eigenvalue weighted by Gasteiger charge is -2.45. The van der Waals surface area contributed by atoms with E-state index in [1.807, 2.05) is 0 Å². The second kappa shape index (κ2) is 21.6. The molecule has 18 nitrogen and oxygen atoms in total. The largest absolute Gasteiger partial charge is 0.379 e. The van der Waals surface area contributed by atoms with Gasteiger partial charge < -0.3 is 72.6 Å². The number of ether oxygens (including phenoxy) is 6. The molecule has 1 aliphatic rings. The number of nitrogens with two attached hydrogens (primary N) is 4. The zero-order valence-corrected chi connectivity index (χ0v) is 23.8. The normalized spacial score (nSPS) is 22.0. The number of nitrogens with one attached hydrogen (secondary N) is 8. The highest BCUT2D eigenvalue weighted by Crippen LogP contribution is 2.29. The van der Waals surface area contributed by atoms with Crippen LogP contribution in [0.3, 0.4) is 0 Å². The summed E-state index contributed by atoms with van der Waals surface area (Å²) in [6.45, 7) is 3.43. The number of hydrogen-bond donors (Lipinski definition) is 12. The number of hydrogen-bond acceptors (Lipinski definition) is 10. The molecule has 1 aliphatic heterocycles. The van der Waals surface area contributed by atoms with Crippen molar-refractivity contribution in [3.05, 3.63) is 0 Å². The lowest BCUT2D eigenvalue weighted by Crippen LogP contribution is -2.62. The fraction of sp³-hybridized carbons (Fsp3) is 0.826. The molecule has 1 rings (SSSR count). The van der Waals surface area contributed by atoms with Crippen molar-refractivity contribution in [1.29, 1.82) is 21.6 Å². The predicted octanol–water partition coefficient (Wildman–Crippen LogP) is -2.98. The summed E-state index contributed by atoms with van der Waals surface area (Å²) in [5.74, 6) is -0.453. The van der Waals surface area contributed by atoms with Crippen molar-refractivity contribution in [1.82, 2.24) is 21.3 Å². The van der Waals surface area contributed by atoms with Crippen LogP contribution in [0.5, 0.6) is 0 Å². The van der Waals surface area contributed by atoms with E-state index in [1.165, 1.54) is 7.11 Å². The van der Waals surface area contributed by atoms with Crippen LogP contribution in [0, 0.1) is 21.6 Å². The maximum Gasteiger partial charge on any atom is 0.186 e. The summed E-state index contributed by atoms with van der Waals surface area (Å²) >= 11 is 0. The molecule has 0 aromatic heterocycles. The van der Waals surface area contributed by atoms with Gasteiger partial charge >= 0.3 is 0 Å². The molecule has 0 aromatic carbocycles. The Kier molecular flexibility index (Phi) is 18.9. The molecule has 1 saturated heterocycles. The van der Waals surface area contributed by atoms with Gasteiger partial charge in [0, 0.05) is 59.7 Å². The van der Waals surface area contributed by atoms with Crippen molar-refractivity contribution in [2.45, 2.75) is 56.4 Å². The second-order valence-electron chi connectivity index (χ2n) is 9.14. The molecule has 1 fully saturated rings. The van der Waals surface area contributed by atoms with Crippen molar-refractivity contribution in [2.24, 2.45) is 22.9 Å². The third-order valence-electron chi connectivity index (χ3n) is 5.73. The lowest BCUT2D eigenvalue weighted by atomic mass is 9.98. The molecule has 0 aromatic rings. The van der Waals surface area contributed by atoms with Gasteiger partial charge in [-0.25, -0.2) is 0 Å². The number of methoxy groups -OCH3 is 1. The Balaban J connectivity index is 2.97. The molecule has 0 amide bonds. The third-order valence-corrected chi connectivity index (χ3v) is 5.73. The third kappa shape index (κ3) is 16.6.